The average Bonchev–Trinajstić information content (AvgIpc) is 3.80. The van der Waals surface area contributed by atoms with Crippen LogP contribution in [0.25, 0.3) is 32.8 Å². The number of β-amino-alcohol motifs (C(OH)–C–C–N with tert-alkyl or cyclic N) is 1. The summed E-state index contributed by atoms with van der Waals surface area (Å²) < 4.78 is 44.1. The number of aryl methyl sites for hydroxylation is 1. The maximum Gasteiger partial charge on any atom is 0.319 e. The van der Waals surface area contributed by atoms with Crippen molar-refractivity contribution >= 4 is 27.5 Å². The molecule has 0 amide bonds. The fourth-order valence-electron chi connectivity index (χ4n) is 7.37. The van der Waals surface area contributed by atoms with Gasteiger partial charge in [0, 0.05) is 49.1 Å². The Labute approximate surface area is 269 Å². The summed E-state index contributed by atoms with van der Waals surface area (Å²) in [6.07, 6.45) is 3.60. The number of piperidine rings is 1. The fourth-order valence-corrected chi connectivity index (χ4v) is 7.37. The molecule has 0 radical (unpaired) electrons. The first-order valence-electron chi connectivity index (χ1n) is 16.7. The normalized spacial score (nSPS) is 21.8. The Morgan fingerprint density at radius 3 is 2.54 bits per heavy atom. The number of morpholine rings is 1. The number of benzene rings is 3. The van der Waals surface area contributed by atoms with Gasteiger partial charge in [0.2, 0.25) is 0 Å². The van der Waals surface area contributed by atoms with Crippen LogP contribution in [0.15, 0.2) is 36.4 Å². The molecule has 0 bridgehead atoms. The Bertz CT molecular complexity index is 1780. The van der Waals surface area contributed by atoms with Gasteiger partial charge in [-0.3, -0.25) is 4.90 Å². The zero-order valence-electron chi connectivity index (χ0n) is 27.3. The van der Waals surface area contributed by atoms with Crippen LogP contribution in [0.4, 0.5) is 14.6 Å². The number of rotatable bonds is 8. The number of ether oxygens (including phenoxy) is 2. The lowest BCUT2D eigenvalue weighted by molar-refractivity contribution is 0.0231. The van der Waals surface area contributed by atoms with Gasteiger partial charge in [0.05, 0.1) is 25.4 Å². The molecule has 1 aliphatic carbocycles. The molecule has 1 saturated carbocycles. The summed E-state index contributed by atoms with van der Waals surface area (Å²) in [6.45, 7) is 13.4. The van der Waals surface area contributed by atoms with E-state index in [0.29, 0.717) is 59.4 Å². The van der Waals surface area contributed by atoms with Crippen molar-refractivity contribution in [2.24, 2.45) is 5.41 Å². The number of aromatic nitrogens is 2. The van der Waals surface area contributed by atoms with E-state index < -0.39 is 11.4 Å². The molecule has 0 unspecified atom stereocenters. The van der Waals surface area contributed by atoms with E-state index in [0.717, 1.165) is 63.1 Å². The van der Waals surface area contributed by atoms with Gasteiger partial charge in [-0.05, 0) is 85.0 Å². The van der Waals surface area contributed by atoms with Gasteiger partial charge in [0.1, 0.15) is 17.2 Å². The van der Waals surface area contributed by atoms with Gasteiger partial charge in [0.15, 0.2) is 5.82 Å². The predicted molar refractivity (Wildman–Crippen MR) is 178 cm³/mol. The Morgan fingerprint density at radius 1 is 1.04 bits per heavy atom. The molecular formula is C37H44F2N4O3. The van der Waals surface area contributed by atoms with E-state index in [1.165, 1.54) is 6.07 Å². The van der Waals surface area contributed by atoms with E-state index in [2.05, 4.69) is 4.90 Å². The van der Waals surface area contributed by atoms with Gasteiger partial charge in [-0.25, -0.2) is 8.78 Å². The molecule has 0 spiro atoms. The van der Waals surface area contributed by atoms with Crippen molar-refractivity contribution in [3.05, 3.63) is 59.2 Å². The van der Waals surface area contributed by atoms with Crippen LogP contribution < -0.4 is 9.64 Å². The molecule has 46 heavy (non-hydrogen) atoms. The van der Waals surface area contributed by atoms with E-state index in [9.17, 15) is 9.50 Å². The first-order valence-corrected chi connectivity index (χ1v) is 16.7. The molecule has 3 aromatic carbocycles. The van der Waals surface area contributed by atoms with Crippen molar-refractivity contribution in [3.63, 3.8) is 0 Å². The minimum absolute atomic E-state index is 0.0281. The molecule has 2 aliphatic heterocycles. The SMILES string of the molecule is Cc1c(F)ccc2cccc(-c3c(C(C)C)cc4c(N5CCC[C@@](C)(O)C5)nc(OCC5(CN6CCOCC6)CC5)nc4c3F)c12. The molecule has 7 nitrogen and oxygen atoms in total. The summed E-state index contributed by atoms with van der Waals surface area (Å²) in [5, 5.41) is 13.2. The van der Waals surface area contributed by atoms with Crippen LogP contribution in [0, 0.1) is 24.0 Å². The highest BCUT2D eigenvalue weighted by atomic mass is 19.1. The summed E-state index contributed by atoms with van der Waals surface area (Å²) in [4.78, 5) is 14.1. The third kappa shape index (κ3) is 5.93. The first-order chi connectivity index (χ1) is 22.0. The molecule has 1 aromatic heterocycles. The van der Waals surface area contributed by atoms with E-state index >= 15 is 4.39 Å². The Balaban J connectivity index is 1.37. The molecule has 1 N–H and O–H groups in total. The van der Waals surface area contributed by atoms with Crippen LogP contribution in [0.3, 0.4) is 0 Å². The number of anilines is 1. The number of halogens is 2. The number of nitrogens with zero attached hydrogens (tertiary/aromatic N) is 4. The summed E-state index contributed by atoms with van der Waals surface area (Å²) in [5.74, 6) is -0.258. The smallest absolute Gasteiger partial charge is 0.319 e. The predicted octanol–water partition coefficient (Wildman–Crippen LogP) is 7.00. The first kappa shape index (κ1) is 31.2. The number of hydrogen-bond donors (Lipinski definition) is 1. The topological polar surface area (TPSA) is 71.0 Å². The van der Waals surface area contributed by atoms with Crippen molar-refractivity contribution in [1.82, 2.24) is 14.9 Å². The van der Waals surface area contributed by atoms with Gasteiger partial charge in [0.25, 0.3) is 0 Å². The average molecular weight is 631 g/mol. The van der Waals surface area contributed by atoms with Gasteiger partial charge < -0.3 is 19.5 Å². The van der Waals surface area contributed by atoms with E-state index in [1.54, 1.807) is 13.0 Å². The molecule has 3 heterocycles. The molecular weight excluding hydrogens is 586 g/mol. The third-order valence-electron chi connectivity index (χ3n) is 10.2. The third-order valence-corrected chi connectivity index (χ3v) is 10.2. The van der Waals surface area contributed by atoms with Gasteiger partial charge in [-0.15, -0.1) is 0 Å². The number of hydrogen-bond acceptors (Lipinski definition) is 7. The van der Waals surface area contributed by atoms with E-state index in [1.807, 2.05) is 49.9 Å². The molecule has 3 fully saturated rings. The minimum atomic E-state index is -0.892. The van der Waals surface area contributed by atoms with Gasteiger partial charge in [-0.1, -0.05) is 38.1 Å². The van der Waals surface area contributed by atoms with Crippen LogP contribution >= 0.6 is 0 Å². The molecule has 7 rings (SSSR count). The van der Waals surface area contributed by atoms with Crippen LogP contribution in [-0.4, -0.2) is 78.1 Å². The van der Waals surface area contributed by atoms with Gasteiger partial charge >= 0.3 is 6.01 Å². The van der Waals surface area contributed by atoms with E-state index in [-0.39, 0.29) is 28.7 Å². The number of fused-ring (bicyclic) bond motifs is 2. The quantitative estimate of drug-likeness (QED) is 0.225. The lowest BCUT2D eigenvalue weighted by Crippen LogP contribution is -2.46. The molecule has 1 atom stereocenters. The molecule has 3 aliphatic rings. The van der Waals surface area contributed by atoms with Crippen LogP contribution in [0.5, 0.6) is 6.01 Å². The maximum atomic E-state index is 17.3. The number of aliphatic hydroxyl groups is 1. The second-order valence-electron chi connectivity index (χ2n) is 14.3. The molecule has 4 aromatic rings. The Hall–Kier alpha value is -3.40. The Kier molecular flexibility index (Phi) is 8.14. The molecule has 9 heteroatoms. The fraction of sp³-hybridized carbons (Fsp3) is 0.514. The van der Waals surface area contributed by atoms with Crippen molar-refractivity contribution in [1.29, 1.82) is 0 Å². The van der Waals surface area contributed by atoms with Crippen molar-refractivity contribution in [2.75, 3.05) is 57.4 Å². The summed E-state index contributed by atoms with van der Waals surface area (Å²) in [7, 11) is 0. The summed E-state index contributed by atoms with van der Waals surface area (Å²) in [5.41, 5.74) is 1.66. The molecule has 244 valence electrons. The van der Waals surface area contributed by atoms with Crippen LogP contribution in [0.2, 0.25) is 0 Å². The van der Waals surface area contributed by atoms with E-state index in [4.69, 9.17) is 19.4 Å². The largest absolute Gasteiger partial charge is 0.463 e. The Morgan fingerprint density at radius 2 is 1.83 bits per heavy atom. The summed E-state index contributed by atoms with van der Waals surface area (Å²) in [6, 6.07) is 11.0. The lowest BCUT2D eigenvalue weighted by atomic mass is 9.86. The second-order valence-corrected chi connectivity index (χ2v) is 14.3. The van der Waals surface area contributed by atoms with Crippen molar-refractivity contribution in [2.45, 2.75) is 64.9 Å². The highest BCUT2D eigenvalue weighted by molar-refractivity contribution is 6.03. The van der Waals surface area contributed by atoms with Crippen molar-refractivity contribution < 1.29 is 23.4 Å². The lowest BCUT2D eigenvalue weighted by Gasteiger charge is -2.38. The monoisotopic (exact) mass is 630 g/mol. The highest BCUT2D eigenvalue weighted by Crippen LogP contribution is 2.47. The zero-order chi connectivity index (χ0) is 32.2. The van der Waals surface area contributed by atoms with Gasteiger partial charge in [-0.2, -0.15) is 9.97 Å². The standard InChI is InChI=1S/C37H44F2N4O3/c1-23(2)27-19-28-33(32(39)31(27)26-8-5-7-25-9-10-29(38)24(3)30(25)26)40-35(41-34(28)43-14-6-11-36(4,44)20-43)46-22-37(12-13-37)21-42-15-17-45-18-16-42/h5,7-10,19,23,44H,6,11-18,20-22H2,1-4H3/t36-/m1/s1. The minimum Gasteiger partial charge on any atom is -0.463 e. The maximum absolute atomic E-state index is 17.3. The zero-order valence-corrected chi connectivity index (χ0v) is 27.3. The van der Waals surface area contributed by atoms with Crippen molar-refractivity contribution in [3.8, 4) is 17.1 Å². The van der Waals surface area contributed by atoms with Crippen LogP contribution in [-0.2, 0) is 4.74 Å². The second kappa shape index (κ2) is 12.0. The van der Waals surface area contributed by atoms with Crippen LogP contribution in [0.1, 0.15) is 63.5 Å². The summed E-state index contributed by atoms with van der Waals surface area (Å²) >= 11 is 0. The molecule has 2 saturated heterocycles. The highest BCUT2D eigenvalue weighted by Gasteiger charge is 2.45.